The van der Waals surface area contributed by atoms with Gasteiger partial charge in [0.05, 0.1) is 18.8 Å². The first-order valence-corrected chi connectivity index (χ1v) is 7.49. The second-order valence-corrected chi connectivity index (χ2v) is 5.28. The van der Waals surface area contributed by atoms with E-state index in [-0.39, 0.29) is 5.56 Å². The molecule has 0 aliphatic carbocycles. The van der Waals surface area contributed by atoms with Crippen LogP contribution in [0, 0.1) is 0 Å². The van der Waals surface area contributed by atoms with E-state index in [9.17, 15) is 13.2 Å². The van der Waals surface area contributed by atoms with Crippen molar-refractivity contribution in [2.24, 2.45) is 0 Å². The largest absolute Gasteiger partial charge is 0.417 e. The number of halogens is 3. The minimum atomic E-state index is -4.38. The molecule has 3 nitrogen and oxygen atoms in total. The van der Waals surface area contributed by atoms with Gasteiger partial charge in [0.2, 0.25) is 0 Å². The molecule has 1 aromatic carbocycles. The zero-order chi connectivity index (χ0) is 16.9. The van der Waals surface area contributed by atoms with Crippen LogP contribution in [0.4, 0.5) is 13.2 Å². The molecular weight excluding hydrogens is 305 g/mol. The summed E-state index contributed by atoms with van der Waals surface area (Å²) in [5, 5.41) is 2.86. The fraction of sp³-hybridized carbons (Fsp3) is 0.412. The Kier molecular flexibility index (Phi) is 5.71. The van der Waals surface area contributed by atoms with Crippen LogP contribution < -0.4 is 5.32 Å². The lowest BCUT2D eigenvalue weighted by Crippen LogP contribution is -2.34. The number of benzene rings is 1. The van der Waals surface area contributed by atoms with Crippen molar-refractivity contribution in [3.8, 4) is 0 Å². The summed E-state index contributed by atoms with van der Waals surface area (Å²) in [6, 6.07) is 5.57. The van der Waals surface area contributed by atoms with E-state index >= 15 is 0 Å². The van der Waals surface area contributed by atoms with Crippen molar-refractivity contribution in [2.45, 2.75) is 13.1 Å². The van der Waals surface area contributed by atoms with Crippen LogP contribution in [0.3, 0.4) is 0 Å². The molecule has 1 N–H and O–H groups in total. The molecule has 23 heavy (non-hydrogen) atoms. The second-order valence-electron chi connectivity index (χ2n) is 5.28. The van der Waals surface area contributed by atoms with Gasteiger partial charge in [-0.2, -0.15) is 13.2 Å². The number of hydrogen-bond donors (Lipinski definition) is 1. The highest BCUT2D eigenvalue weighted by atomic mass is 19.4. The van der Waals surface area contributed by atoms with Crippen LogP contribution in [0.5, 0.6) is 0 Å². The predicted octanol–water partition coefficient (Wildman–Crippen LogP) is 3.50. The number of hydrogen-bond acceptors (Lipinski definition) is 3. The molecule has 1 fully saturated rings. The summed E-state index contributed by atoms with van der Waals surface area (Å²) >= 11 is 0. The Bertz CT molecular complexity index is 588. The van der Waals surface area contributed by atoms with E-state index in [4.69, 9.17) is 4.74 Å². The van der Waals surface area contributed by atoms with Gasteiger partial charge in [0.1, 0.15) is 0 Å². The van der Waals surface area contributed by atoms with Gasteiger partial charge in [0.25, 0.3) is 0 Å². The van der Waals surface area contributed by atoms with Gasteiger partial charge in [-0.15, -0.1) is 0 Å². The van der Waals surface area contributed by atoms with E-state index < -0.39 is 11.7 Å². The number of nitrogens with one attached hydrogen (secondary N) is 1. The van der Waals surface area contributed by atoms with Crippen molar-refractivity contribution in [1.82, 2.24) is 10.2 Å². The standard InChI is InChI=1S/C17H21F3N2O/c1-13(22-9-11-23-12-10-22)7-8-16(21-2)14-5-3-4-6-15(14)17(18,19)20/h3-8,21H,9-12H2,1-2H3/b13-7+,16-8-. The molecule has 1 heterocycles. The van der Waals surface area contributed by atoms with Gasteiger partial charge in [-0.25, -0.2) is 0 Å². The normalized spacial score (nSPS) is 17.3. The predicted molar refractivity (Wildman–Crippen MR) is 84.6 cm³/mol. The molecule has 0 amide bonds. The van der Waals surface area contributed by atoms with Gasteiger partial charge in [-0.1, -0.05) is 18.2 Å². The van der Waals surface area contributed by atoms with Gasteiger partial charge in [-0.05, 0) is 25.1 Å². The first-order chi connectivity index (χ1) is 10.9. The van der Waals surface area contributed by atoms with E-state index in [0.717, 1.165) is 24.9 Å². The van der Waals surface area contributed by atoms with Crippen LogP contribution in [-0.4, -0.2) is 38.3 Å². The molecule has 0 spiro atoms. The first-order valence-electron chi connectivity index (χ1n) is 7.49. The summed E-state index contributed by atoms with van der Waals surface area (Å²) in [6.07, 6.45) is -0.852. The van der Waals surface area contributed by atoms with Gasteiger partial charge >= 0.3 is 6.18 Å². The molecule has 6 heteroatoms. The summed E-state index contributed by atoms with van der Waals surface area (Å²) in [5.41, 5.74) is 0.947. The van der Waals surface area contributed by atoms with E-state index in [2.05, 4.69) is 10.2 Å². The van der Waals surface area contributed by atoms with Gasteiger partial charge in [-0.3, -0.25) is 0 Å². The minimum Gasteiger partial charge on any atom is -0.388 e. The van der Waals surface area contributed by atoms with Crippen LogP contribution in [0.1, 0.15) is 18.1 Å². The number of alkyl halides is 3. The SMILES string of the molecule is CN/C(=C\C=C(/C)N1CCOCC1)c1ccccc1C(F)(F)F. The zero-order valence-corrected chi connectivity index (χ0v) is 13.3. The fourth-order valence-corrected chi connectivity index (χ4v) is 2.50. The third-order valence-electron chi connectivity index (χ3n) is 3.79. The van der Waals surface area contributed by atoms with E-state index in [1.165, 1.54) is 12.1 Å². The Morgan fingerprint density at radius 1 is 1.17 bits per heavy atom. The Hall–Kier alpha value is -1.95. The summed E-state index contributed by atoms with van der Waals surface area (Å²) in [7, 11) is 1.62. The molecule has 0 radical (unpaired) electrons. The van der Waals surface area contributed by atoms with E-state index in [1.807, 2.05) is 13.0 Å². The number of ether oxygens (including phenoxy) is 1. The van der Waals surface area contributed by atoms with Crippen LogP contribution >= 0.6 is 0 Å². The molecule has 1 aliphatic rings. The maximum absolute atomic E-state index is 13.1. The zero-order valence-electron chi connectivity index (χ0n) is 13.3. The smallest absolute Gasteiger partial charge is 0.388 e. The summed E-state index contributed by atoms with van der Waals surface area (Å²) < 4.78 is 44.7. The van der Waals surface area contributed by atoms with Crippen molar-refractivity contribution >= 4 is 5.70 Å². The summed E-state index contributed by atoms with van der Waals surface area (Å²) in [6.45, 7) is 4.88. The van der Waals surface area contributed by atoms with Crippen molar-refractivity contribution in [2.75, 3.05) is 33.4 Å². The molecule has 0 saturated carbocycles. The monoisotopic (exact) mass is 326 g/mol. The molecule has 0 atom stereocenters. The summed E-state index contributed by atoms with van der Waals surface area (Å²) in [5.74, 6) is 0. The maximum atomic E-state index is 13.1. The maximum Gasteiger partial charge on any atom is 0.417 e. The Morgan fingerprint density at radius 3 is 2.43 bits per heavy atom. The van der Waals surface area contributed by atoms with Crippen molar-refractivity contribution in [1.29, 1.82) is 0 Å². The van der Waals surface area contributed by atoms with Crippen LogP contribution in [0.25, 0.3) is 5.70 Å². The number of allylic oxidation sites excluding steroid dienone is 3. The van der Waals surface area contributed by atoms with Crippen molar-refractivity contribution in [3.05, 3.63) is 53.2 Å². The molecule has 1 saturated heterocycles. The lowest BCUT2D eigenvalue weighted by Gasteiger charge is -2.29. The highest BCUT2D eigenvalue weighted by Crippen LogP contribution is 2.34. The van der Waals surface area contributed by atoms with Gasteiger partial charge in [0, 0.05) is 37.1 Å². The van der Waals surface area contributed by atoms with Crippen molar-refractivity contribution in [3.63, 3.8) is 0 Å². The third-order valence-corrected chi connectivity index (χ3v) is 3.79. The molecule has 0 bridgehead atoms. The van der Waals surface area contributed by atoms with E-state index in [0.29, 0.717) is 18.9 Å². The molecule has 1 aliphatic heterocycles. The minimum absolute atomic E-state index is 0.147. The fourth-order valence-electron chi connectivity index (χ4n) is 2.50. The van der Waals surface area contributed by atoms with Gasteiger partial charge < -0.3 is 15.0 Å². The molecular formula is C17H21F3N2O. The lowest BCUT2D eigenvalue weighted by atomic mass is 10.0. The Morgan fingerprint density at radius 2 is 1.83 bits per heavy atom. The molecule has 0 unspecified atom stereocenters. The molecule has 0 aromatic heterocycles. The average molecular weight is 326 g/mol. The number of nitrogens with zero attached hydrogens (tertiary/aromatic N) is 1. The second kappa shape index (κ2) is 7.55. The highest BCUT2D eigenvalue weighted by Gasteiger charge is 2.33. The lowest BCUT2D eigenvalue weighted by molar-refractivity contribution is -0.137. The number of morpholine rings is 1. The van der Waals surface area contributed by atoms with Crippen LogP contribution in [0.2, 0.25) is 0 Å². The average Bonchev–Trinajstić information content (AvgIpc) is 2.55. The van der Waals surface area contributed by atoms with E-state index in [1.54, 1.807) is 19.2 Å². The number of rotatable bonds is 4. The first kappa shape index (κ1) is 17.4. The van der Waals surface area contributed by atoms with Gasteiger partial charge in [0.15, 0.2) is 0 Å². The van der Waals surface area contributed by atoms with Crippen molar-refractivity contribution < 1.29 is 17.9 Å². The Labute approximate surface area is 134 Å². The quantitative estimate of drug-likeness (QED) is 0.857. The molecule has 2 rings (SSSR count). The molecule has 126 valence electrons. The van der Waals surface area contributed by atoms with Crippen LogP contribution in [0.15, 0.2) is 42.1 Å². The van der Waals surface area contributed by atoms with Crippen LogP contribution in [-0.2, 0) is 10.9 Å². The Balaban J connectivity index is 2.29. The highest BCUT2D eigenvalue weighted by molar-refractivity contribution is 5.68. The third kappa shape index (κ3) is 4.51. The summed E-state index contributed by atoms with van der Waals surface area (Å²) in [4.78, 5) is 2.16. The topological polar surface area (TPSA) is 24.5 Å². The molecule has 1 aromatic rings.